The van der Waals surface area contributed by atoms with Gasteiger partial charge in [0.05, 0.1) is 13.7 Å². The second-order valence-corrected chi connectivity index (χ2v) is 5.79. The Morgan fingerprint density at radius 1 is 1.32 bits per heavy atom. The first-order valence-corrected chi connectivity index (χ1v) is 7.88. The number of hydrogen-bond acceptors (Lipinski definition) is 4. The molecule has 1 saturated carbocycles. The van der Waals surface area contributed by atoms with Crippen LogP contribution in [0.1, 0.15) is 19.3 Å². The van der Waals surface area contributed by atoms with Crippen molar-refractivity contribution in [3.63, 3.8) is 0 Å². The van der Waals surface area contributed by atoms with Gasteiger partial charge in [-0.3, -0.25) is 4.79 Å². The van der Waals surface area contributed by atoms with E-state index < -0.39 is 0 Å². The molecule has 5 heteroatoms. The summed E-state index contributed by atoms with van der Waals surface area (Å²) >= 11 is 0. The Hall–Kier alpha value is -1.75. The Labute approximate surface area is 132 Å². The van der Waals surface area contributed by atoms with E-state index in [1.165, 1.54) is 0 Å². The number of likely N-dealkylation sites (N-methyl/N-ethyl adjacent to an activating group) is 1. The van der Waals surface area contributed by atoms with Gasteiger partial charge in [-0.2, -0.15) is 0 Å². The van der Waals surface area contributed by atoms with Gasteiger partial charge in [-0.25, -0.2) is 0 Å². The standard InChI is InChI=1S/C17H26N2O3/c1-19(17(20)14-7-5-6-13(14)12-18)10-11-22-16-9-4-3-8-15(16)21-2/h3-4,8-9,13-14H,5-7,10-12,18H2,1-2H3/t13-,14-/m1/s1. The van der Waals surface area contributed by atoms with Crippen molar-refractivity contribution in [2.45, 2.75) is 19.3 Å². The molecule has 0 unspecified atom stereocenters. The van der Waals surface area contributed by atoms with Crippen molar-refractivity contribution in [1.29, 1.82) is 0 Å². The Kier molecular flexibility index (Phi) is 6.07. The van der Waals surface area contributed by atoms with Crippen molar-refractivity contribution in [3.05, 3.63) is 24.3 Å². The predicted molar refractivity (Wildman–Crippen MR) is 86.0 cm³/mol. The molecule has 1 aliphatic carbocycles. The highest BCUT2D eigenvalue weighted by Gasteiger charge is 2.33. The molecule has 0 bridgehead atoms. The third kappa shape index (κ3) is 3.91. The Bertz CT molecular complexity index is 493. The lowest BCUT2D eigenvalue weighted by Gasteiger charge is -2.24. The van der Waals surface area contributed by atoms with E-state index in [4.69, 9.17) is 15.2 Å². The number of para-hydroxylation sites is 2. The quantitative estimate of drug-likeness (QED) is 0.836. The van der Waals surface area contributed by atoms with Crippen LogP contribution in [0, 0.1) is 11.8 Å². The molecule has 0 heterocycles. The fourth-order valence-corrected chi connectivity index (χ4v) is 3.07. The van der Waals surface area contributed by atoms with Gasteiger partial charge in [-0.05, 0) is 37.4 Å². The molecule has 1 fully saturated rings. The van der Waals surface area contributed by atoms with E-state index in [9.17, 15) is 4.79 Å². The molecule has 1 aromatic rings. The number of methoxy groups -OCH3 is 1. The molecule has 22 heavy (non-hydrogen) atoms. The zero-order valence-corrected chi connectivity index (χ0v) is 13.5. The SMILES string of the molecule is COc1ccccc1OCCN(C)C(=O)[C@@H]1CCC[C@@H]1CN. The number of nitrogens with two attached hydrogens (primary N) is 1. The summed E-state index contributed by atoms with van der Waals surface area (Å²) in [6.07, 6.45) is 3.13. The van der Waals surface area contributed by atoms with Crippen LogP contribution in [0.15, 0.2) is 24.3 Å². The van der Waals surface area contributed by atoms with Crippen LogP contribution >= 0.6 is 0 Å². The highest BCUT2D eigenvalue weighted by atomic mass is 16.5. The van der Waals surface area contributed by atoms with Gasteiger partial charge in [-0.15, -0.1) is 0 Å². The van der Waals surface area contributed by atoms with E-state index in [2.05, 4.69) is 0 Å². The molecule has 1 aliphatic rings. The maximum absolute atomic E-state index is 12.5. The van der Waals surface area contributed by atoms with Crippen LogP contribution in [0.2, 0.25) is 0 Å². The van der Waals surface area contributed by atoms with Crippen LogP contribution < -0.4 is 15.2 Å². The third-order valence-corrected chi connectivity index (χ3v) is 4.41. The average Bonchev–Trinajstić information content (AvgIpc) is 3.03. The number of hydrogen-bond donors (Lipinski definition) is 1. The first-order valence-electron chi connectivity index (χ1n) is 7.88. The molecular weight excluding hydrogens is 280 g/mol. The van der Waals surface area contributed by atoms with Crippen molar-refractivity contribution in [2.24, 2.45) is 17.6 Å². The molecule has 2 rings (SSSR count). The fraction of sp³-hybridized carbons (Fsp3) is 0.588. The van der Waals surface area contributed by atoms with Gasteiger partial charge in [0, 0.05) is 13.0 Å². The lowest BCUT2D eigenvalue weighted by atomic mass is 9.95. The zero-order chi connectivity index (χ0) is 15.9. The second kappa shape index (κ2) is 8.03. The highest BCUT2D eigenvalue weighted by Crippen LogP contribution is 2.32. The maximum Gasteiger partial charge on any atom is 0.225 e. The third-order valence-electron chi connectivity index (χ3n) is 4.41. The minimum atomic E-state index is 0.0845. The van der Waals surface area contributed by atoms with Gasteiger partial charge in [0.1, 0.15) is 6.61 Å². The monoisotopic (exact) mass is 306 g/mol. The molecule has 1 aromatic carbocycles. The molecule has 0 aliphatic heterocycles. The minimum absolute atomic E-state index is 0.0845. The molecule has 0 saturated heterocycles. The van der Waals surface area contributed by atoms with Gasteiger partial charge in [0.15, 0.2) is 11.5 Å². The topological polar surface area (TPSA) is 64.8 Å². The Morgan fingerprint density at radius 2 is 2.05 bits per heavy atom. The number of carbonyl (C=O) groups is 1. The van der Waals surface area contributed by atoms with E-state index in [0.717, 1.165) is 19.3 Å². The van der Waals surface area contributed by atoms with Crippen LogP contribution in [-0.4, -0.2) is 44.7 Å². The summed E-state index contributed by atoms with van der Waals surface area (Å²) in [7, 11) is 3.45. The number of nitrogens with zero attached hydrogens (tertiary/aromatic N) is 1. The van der Waals surface area contributed by atoms with Crippen molar-refractivity contribution < 1.29 is 14.3 Å². The number of benzene rings is 1. The van der Waals surface area contributed by atoms with Gasteiger partial charge in [-0.1, -0.05) is 18.6 Å². The molecule has 0 spiro atoms. The lowest BCUT2D eigenvalue weighted by Crippen LogP contribution is -2.38. The molecular formula is C17H26N2O3. The minimum Gasteiger partial charge on any atom is -0.493 e. The van der Waals surface area contributed by atoms with Crippen molar-refractivity contribution in [1.82, 2.24) is 4.90 Å². The molecule has 1 amide bonds. The van der Waals surface area contributed by atoms with E-state index >= 15 is 0 Å². The summed E-state index contributed by atoms with van der Waals surface area (Å²) in [4.78, 5) is 14.2. The zero-order valence-electron chi connectivity index (χ0n) is 13.5. The second-order valence-electron chi connectivity index (χ2n) is 5.79. The molecule has 0 aromatic heterocycles. The molecule has 0 radical (unpaired) electrons. The molecule has 2 N–H and O–H groups in total. The largest absolute Gasteiger partial charge is 0.493 e. The molecule has 5 nitrogen and oxygen atoms in total. The van der Waals surface area contributed by atoms with Crippen molar-refractivity contribution >= 4 is 5.91 Å². The van der Waals surface area contributed by atoms with E-state index in [-0.39, 0.29) is 11.8 Å². The lowest BCUT2D eigenvalue weighted by molar-refractivity contribution is -0.135. The summed E-state index contributed by atoms with van der Waals surface area (Å²) in [6.45, 7) is 1.61. The maximum atomic E-state index is 12.5. The van der Waals surface area contributed by atoms with Crippen LogP contribution in [0.3, 0.4) is 0 Å². The molecule has 2 atom stereocenters. The van der Waals surface area contributed by atoms with E-state index in [0.29, 0.717) is 37.1 Å². The smallest absolute Gasteiger partial charge is 0.225 e. The summed E-state index contributed by atoms with van der Waals surface area (Å²) in [6, 6.07) is 7.52. The Morgan fingerprint density at radius 3 is 2.73 bits per heavy atom. The normalized spacial score (nSPS) is 20.7. The van der Waals surface area contributed by atoms with Gasteiger partial charge < -0.3 is 20.1 Å². The Balaban J connectivity index is 1.82. The van der Waals surface area contributed by atoms with Crippen LogP contribution in [0.5, 0.6) is 11.5 Å². The number of rotatable bonds is 7. The van der Waals surface area contributed by atoms with Gasteiger partial charge >= 0.3 is 0 Å². The van der Waals surface area contributed by atoms with Crippen LogP contribution in [0.4, 0.5) is 0 Å². The van der Waals surface area contributed by atoms with Gasteiger partial charge in [0.2, 0.25) is 5.91 Å². The summed E-state index contributed by atoms with van der Waals surface area (Å²) in [5, 5.41) is 0. The summed E-state index contributed by atoms with van der Waals surface area (Å²) < 4.78 is 11.0. The van der Waals surface area contributed by atoms with Crippen LogP contribution in [0.25, 0.3) is 0 Å². The fourth-order valence-electron chi connectivity index (χ4n) is 3.07. The first kappa shape index (κ1) is 16.6. The van der Waals surface area contributed by atoms with Crippen molar-refractivity contribution in [3.8, 4) is 11.5 Å². The summed E-state index contributed by atoms with van der Waals surface area (Å²) in [5.74, 6) is 2.02. The average molecular weight is 306 g/mol. The predicted octanol–water partition coefficient (Wildman–Crippen LogP) is 1.91. The molecule has 122 valence electrons. The van der Waals surface area contributed by atoms with Crippen molar-refractivity contribution in [2.75, 3.05) is 33.9 Å². The first-order chi connectivity index (χ1) is 10.7. The number of ether oxygens (including phenoxy) is 2. The number of amides is 1. The van der Waals surface area contributed by atoms with E-state index in [1.54, 1.807) is 12.0 Å². The number of carbonyl (C=O) groups excluding carboxylic acids is 1. The van der Waals surface area contributed by atoms with Crippen LogP contribution in [-0.2, 0) is 4.79 Å². The highest BCUT2D eigenvalue weighted by molar-refractivity contribution is 5.79. The van der Waals surface area contributed by atoms with E-state index in [1.807, 2.05) is 31.3 Å². The summed E-state index contributed by atoms with van der Waals surface area (Å²) in [5.41, 5.74) is 5.76. The van der Waals surface area contributed by atoms with Gasteiger partial charge in [0.25, 0.3) is 0 Å².